The number of rotatable bonds is 1. The van der Waals surface area contributed by atoms with Gasteiger partial charge in [0.15, 0.2) is 6.29 Å². The summed E-state index contributed by atoms with van der Waals surface area (Å²) in [7, 11) is 0. The summed E-state index contributed by atoms with van der Waals surface area (Å²) in [4.78, 5) is 10.0. The van der Waals surface area contributed by atoms with E-state index < -0.39 is 4.92 Å². The number of fused-ring (bicyclic) bond motifs is 1. The van der Waals surface area contributed by atoms with Crippen LogP contribution in [0.1, 0.15) is 12.5 Å². The number of nitro benzene ring substituents is 1. The number of nitrogens with zero attached hydrogens (tertiary/aromatic N) is 1. The monoisotopic (exact) mass is 195 g/mol. The molecule has 0 aliphatic carbocycles. The average molecular weight is 195 g/mol. The van der Waals surface area contributed by atoms with E-state index in [-0.39, 0.29) is 12.0 Å². The first-order chi connectivity index (χ1) is 6.66. The fraction of sp³-hybridized carbons (Fsp3) is 0.333. The Bertz CT molecular complexity index is 377. The highest BCUT2D eigenvalue weighted by Crippen LogP contribution is 2.29. The molecule has 0 saturated heterocycles. The molecule has 0 spiro atoms. The summed E-state index contributed by atoms with van der Waals surface area (Å²) in [5.41, 5.74) is 0.780. The largest absolute Gasteiger partial charge is 0.465 e. The summed E-state index contributed by atoms with van der Waals surface area (Å²) in [6, 6.07) is 4.50. The van der Waals surface area contributed by atoms with Crippen molar-refractivity contribution < 1.29 is 14.4 Å². The molecule has 1 unspecified atom stereocenters. The van der Waals surface area contributed by atoms with Crippen LogP contribution in [-0.4, -0.2) is 11.2 Å². The molecule has 0 radical (unpaired) electrons. The van der Waals surface area contributed by atoms with Crippen LogP contribution in [0.5, 0.6) is 5.75 Å². The molecule has 1 aliphatic heterocycles. The lowest BCUT2D eigenvalue weighted by Crippen LogP contribution is -2.21. The molecule has 0 N–H and O–H groups in total. The zero-order valence-electron chi connectivity index (χ0n) is 7.60. The number of ether oxygens (including phenoxy) is 2. The fourth-order valence-corrected chi connectivity index (χ4v) is 1.33. The van der Waals surface area contributed by atoms with Gasteiger partial charge in [0.05, 0.1) is 11.5 Å². The van der Waals surface area contributed by atoms with Gasteiger partial charge in [0.2, 0.25) is 0 Å². The Kier molecular flexibility index (Phi) is 2.09. The smallest absolute Gasteiger partial charge is 0.270 e. The first kappa shape index (κ1) is 8.96. The Balaban J connectivity index is 2.36. The van der Waals surface area contributed by atoms with E-state index in [1.165, 1.54) is 12.1 Å². The van der Waals surface area contributed by atoms with E-state index in [1.807, 2.05) is 0 Å². The SMILES string of the molecule is CC1OCc2cc([N+](=O)[O-])ccc2O1. The van der Waals surface area contributed by atoms with Gasteiger partial charge in [-0.3, -0.25) is 10.1 Å². The topological polar surface area (TPSA) is 61.6 Å². The van der Waals surface area contributed by atoms with Gasteiger partial charge in [-0.1, -0.05) is 0 Å². The van der Waals surface area contributed by atoms with Gasteiger partial charge >= 0.3 is 0 Å². The van der Waals surface area contributed by atoms with E-state index in [4.69, 9.17) is 9.47 Å². The van der Waals surface area contributed by atoms with Gasteiger partial charge in [0, 0.05) is 17.7 Å². The third-order valence-corrected chi connectivity index (χ3v) is 2.02. The predicted octanol–water partition coefficient (Wildman–Crippen LogP) is 1.85. The van der Waals surface area contributed by atoms with E-state index in [2.05, 4.69) is 0 Å². The minimum absolute atomic E-state index is 0.0607. The van der Waals surface area contributed by atoms with Crippen molar-refractivity contribution in [3.8, 4) is 5.75 Å². The summed E-state index contributed by atoms with van der Waals surface area (Å²) >= 11 is 0. The van der Waals surface area contributed by atoms with Crippen molar-refractivity contribution in [3.05, 3.63) is 33.9 Å². The number of nitro groups is 1. The molecule has 0 bridgehead atoms. The Labute approximate surface area is 80.4 Å². The molecule has 0 saturated carbocycles. The van der Waals surface area contributed by atoms with Crippen LogP contribution in [0.4, 0.5) is 5.69 Å². The van der Waals surface area contributed by atoms with Gasteiger partial charge in [0.1, 0.15) is 5.75 Å². The highest BCUT2D eigenvalue weighted by molar-refractivity contribution is 5.44. The zero-order chi connectivity index (χ0) is 10.1. The Morgan fingerprint density at radius 3 is 3.07 bits per heavy atom. The van der Waals surface area contributed by atoms with Crippen LogP contribution >= 0.6 is 0 Å². The van der Waals surface area contributed by atoms with Crippen molar-refractivity contribution in [3.63, 3.8) is 0 Å². The molecule has 1 aromatic carbocycles. The van der Waals surface area contributed by atoms with Gasteiger partial charge in [-0.05, 0) is 13.0 Å². The summed E-state index contributed by atoms with van der Waals surface area (Å²) in [5.74, 6) is 0.661. The predicted molar refractivity (Wildman–Crippen MR) is 48.0 cm³/mol. The van der Waals surface area contributed by atoms with Crippen LogP contribution < -0.4 is 4.74 Å². The Morgan fingerprint density at radius 1 is 1.57 bits per heavy atom. The molecule has 0 aromatic heterocycles. The van der Waals surface area contributed by atoms with Gasteiger partial charge in [-0.25, -0.2) is 0 Å². The number of non-ortho nitro benzene ring substituents is 1. The molecular formula is C9H9NO4. The minimum atomic E-state index is -0.432. The van der Waals surface area contributed by atoms with Crippen LogP contribution in [0.25, 0.3) is 0 Å². The van der Waals surface area contributed by atoms with E-state index in [1.54, 1.807) is 13.0 Å². The van der Waals surface area contributed by atoms with Crippen molar-refractivity contribution in [1.82, 2.24) is 0 Å². The van der Waals surface area contributed by atoms with Crippen LogP contribution in [-0.2, 0) is 11.3 Å². The fourth-order valence-electron chi connectivity index (χ4n) is 1.33. The molecule has 1 aromatic rings. The van der Waals surface area contributed by atoms with Crippen LogP contribution in [0, 0.1) is 10.1 Å². The number of benzene rings is 1. The third kappa shape index (κ3) is 1.54. The molecule has 1 aliphatic rings. The molecule has 5 heteroatoms. The highest BCUT2D eigenvalue weighted by atomic mass is 16.7. The van der Waals surface area contributed by atoms with E-state index >= 15 is 0 Å². The lowest BCUT2D eigenvalue weighted by Gasteiger charge is -2.23. The van der Waals surface area contributed by atoms with E-state index in [0.29, 0.717) is 12.4 Å². The normalized spacial score (nSPS) is 19.6. The van der Waals surface area contributed by atoms with Gasteiger partial charge in [0.25, 0.3) is 5.69 Å². The minimum Gasteiger partial charge on any atom is -0.465 e. The molecule has 5 nitrogen and oxygen atoms in total. The van der Waals surface area contributed by atoms with E-state index in [9.17, 15) is 10.1 Å². The first-order valence-corrected chi connectivity index (χ1v) is 4.22. The molecule has 1 heterocycles. The zero-order valence-corrected chi connectivity index (χ0v) is 7.60. The van der Waals surface area contributed by atoms with Gasteiger partial charge in [-0.2, -0.15) is 0 Å². The standard InChI is InChI=1S/C9H9NO4/c1-6-13-5-7-4-8(10(11)12)2-3-9(7)14-6/h2-4,6H,5H2,1H3. The Hall–Kier alpha value is -1.62. The second kappa shape index (κ2) is 3.26. The van der Waals surface area contributed by atoms with Crippen molar-refractivity contribution in [2.75, 3.05) is 0 Å². The molecule has 1 atom stereocenters. The average Bonchev–Trinajstić information content (AvgIpc) is 2.16. The van der Waals surface area contributed by atoms with Crippen LogP contribution in [0.15, 0.2) is 18.2 Å². The summed E-state index contributed by atoms with van der Waals surface area (Å²) in [5, 5.41) is 10.5. The van der Waals surface area contributed by atoms with E-state index in [0.717, 1.165) is 5.56 Å². The van der Waals surface area contributed by atoms with Crippen molar-refractivity contribution in [2.45, 2.75) is 19.8 Å². The lowest BCUT2D eigenvalue weighted by molar-refractivity contribution is -0.385. The number of hydrogen-bond donors (Lipinski definition) is 0. The molecule has 0 amide bonds. The molecular weight excluding hydrogens is 186 g/mol. The first-order valence-electron chi connectivity index (χ1n) is 4.22. The molecule has 14 heavy (non-hydrogen) atoms. The lowest BCUT2D eigenvalue weighted by atomic mass is 10.2. The maximum absolute atomic E-state index is 10.5. The van der Waals surface area contributed by atoms with Crippen molar-refractivity contribution in [1.29, 1.82) is 0 Å². The molecule has 74 valence electrons. The second-order valence-corrected chi connectivity index (χ2v) is 3.05. The highest BCUT2D eigenvalue weighted by Gasteiger charge is 2.18. The van der Waals surface area contributed by atoms with Gasteiger partial charge in [-0.15, -0.1) is 0 Å². The quantitative estimate of drug-likeness (QED) is 0.506. The van der Waals surface area contributed by atoms with Crippen molar-refractivity contribution in [2.24, 2.45) is 0 Å². The molecule has 0 fully saturated rings. The maximum Gasteiger partial charge on any atom is 0.270 e. The second-order valence-electron chi connectivity index (χ2n) is 3.05. The van der Waals surface area contributed by atoms with Gasteiger partial charge < -0.3 is 9.47 Å². The summed E-state index contributed by atoms with van der Waals surface area (Å²) < 4.78 is 10.5. The van der Waals surface area contributed by atoms with Crippen LogP contribution in [0.2, 0.25) is 0 Å². The van der Waals surface area contributed by atoms with Crippen LogP contribution in [0.3, 0.4) is 0 Å². The molecule has 2 rings (SSSR count). The summed E-state index contributed by atoms with van der Waals surface area (Å²) in [6.45, 7) is 2.14. The van der Waals surface area contributed by atoms with Crippen molar-refractivity contribution >= 4 is 5.69 Å². The maximum atomic E-state index is 10.5. The Morgan fingerprint density at radius 2 is 2.36 bits per heavy atom. The number of hydrogen-bond acceptors (Lipinski definition) is 4. The third-order valence-electron chi connectivity index (χ3n) is 2.02. The summed E-state index contributed by atoms with van der Waals surface area (Å²) in [6.07, 6.45) is -0.288.